The molecular formula is C17H15NO4. The lowest BCUT2D eigenvalue weighted by molar-refractivity contribution is 0.355. The standard InChI is InChI=1S/C17H15NO4/c1-21-16-6-4-11(8-17(16)22-2)13(10-18)7-12-3-5-14(19)9-15(12)20/h3-9,19-20H,1-2H3/b13-7+. The molecule has 0 radical (unpaired) electrons. The molecule has 0 bridgehead atoms. The lowest BCUT2D eigenvalue weighted by Crippen LogP contribution is -1.92. The second-order valence-electron chi connectivity index (χ2n) is 4.48. The highest BCUT2D eigenvalue weighted by Gasteiger charge is 2.09. The maximum atomic E-state index is 9.81. The van der Waals surface area contributed by atoms with Gasteiger partial charge in [-0.15, -0.1) is 0 Å². The Morgan fingerprint density at radius 1 is 1.05 bits per heavy atom. The molecule has 22 heavy (non-hydrogen) atoms. The van der Waals surface area contributed by atoms with Gasteiger partial charge in [0.25, 0.3) is 0 Å². The second kappa shape index (κ2) is 6.55. The van der Waals surface area contributed by atoms with E-state index in [2.05, 4.69) is 6.07 Å². The minimum Gasteiger partial charge on any atom is -0.508 e. The van der Waals surface area contributed by atoms with Crippen LogP contribution in [0.3, 0.4) is 0 Å². The molecule has 2 N–H and O–H groups in total. The molecule has 0 aromatic heterocycles. The number of aromatic hydroxyl groups is 2. The van der Waals surface area contributed by atoms with E-state index >= 15 is 0 Å². The third-order valence-corrected chi connectivity index (χ3v) is 3.13. The smallest absolute Gasteiger partial charge is 0.161 e. The highest BCUT2D eigenvalue weighted by atomic mass is 16.5. The van der Waals surface area contributed by atoms with Crippen LogP contribution in [0.5, 0.6) is 23.0 Å². The van der Waals surface area contributed by atoms with E-state index < -0.39 is 0 Å². The fraction of sp³-hybridized carbons (Fsp3) is 0.118. The van der Waals surface area contributed by atoms with Gasteiger partial charge in [-0.3, -0.25) is 0 Å². The summed E-state index contributed by atoms with van der Waals surface area (Å²) in [7, 11) is 3.05. The summed E-state index contributed by atoms with van der Waals surface area (Å²) < 4.78 is 10.4. The van der Waals surface area contributed by atoms with Gasteiger partial charge in [0, 0.05) is 11.6 Å². The Morgan fingerprint density at radius 3 is 2.36 bits per heavy atom. The third kappa shape index (κ3) is 3.13. The van der Waals surface area contributed by atoms with Crippen molar-refractivity contribution in [1.29, 1.82) is 5.26 Å². The van der Waals surface area contributed by atoms with Gasteiger partial charge in [0.1, 0.15) is 11.5 Å². The molecule has 0 aliphatic rings. The minimum atomic E-state index is -0.103. The van der Waals surface area contributed by atoms with Gasteiger partial charge in [0.05, 0.1) is 25.9 Å². The van der Waals surface area contributed by atoms with E-state index in [9.17, 15) is 15.5 Å². The molecule has 5 heteroatoms. The summed E-state index contributed by atoms with van der Waals surface area (Å²) in [5.41, 5.74) is 1.42. The number of rotatable bonds is 4. The Balaban J connectivity index is 2.48. The summed E-state index contributed by atoms with van der Waals surface area (Å²) in [6.07, 6.45) is 1.54. The molecule has 0 unspecified atom stereocenters. The molecule has 2 rings (SSSR count). The SMILES string of the molecule is COc1ccc(/C(C#N)=C/c2ccc(O)cc2O)cc1OC. The number of phenols is 2. The Kier molecular flexibility index (Phi) is 4.54. The van der Waals surface area contributed by atoms with Crippen molar-refractivity contribution >= 4 is 11.6 Å². The Hall–Kier alpha value is -3.13. The van der Waals surface area contributed by atoms with Crippen LogP contribution in [-0.2, 0) is 0 Å². The maximum absolute atomic E-state index is 9.81. The van der Waals surface area contributed by atoms with Crippen LogP contribution >= 0.6 is 0 Å². The second-order valence-corrected chi connectivity index (χ2v) is 4.48. The van der Waals surface area contributed by atoms with Gasteiger partial charge >= 0.3 is 0 Å². The van der Waals surface area contributed by atoms with Gasteiger partial charge in [-0.05, 0) is 42.0 Å². The first-order valence-electron chi connectivity index (χ1n) is 6.45. The van der Waals surface area contributed by atoms with Crippen molar-refractivity contribution in [1.82, 2.24) is 0 Å². The number of methoxy groups -OCH3 is 2. The number of nitrogens with zero attached hydrogens (tertiary/aromatic N) is 1. The predicted molar refractivity (Wildman–Crippen MR) is 82.8 cm³/mol. The van der Waals surface area contributed by atoms with Gasteiger partial charge in [-0.2, -0.15) is 5.26 Å². The zero-order chi connectivity index (χ0) is 16.1. The van der Waals surface area contributed by atoms with E-state index in [4.69, 9.17) is 9.47 Å². The average molecular weight is 297 g/mol. The molecule has 0 saturated heterocycles. The summed E-state index contributed by atoms with van der Waals surface area (Å²) >= 11 is 0. The maximum Gasteiger partial charge on any atom is 0.161 e. The van der Waals surface area contributed by atoms with E-state index in [0.717, 1.165) is 0 Å². The molecule has 0 saturated carbocycles. The summed E-state index contributed by atoms with van der Waals surface area (Å²) in [5, 5.41) is 28.5. The summed E-state index contributed by atoms with van der Waals surface area (Å²) in [6.45, 7) is 0. The predicted octanol–water partition coefficient (Wildman–Crippen LogP) is 3.18. The van der Waals surface area contributed by atoms with Crippen LogP contribution in [0.1, 0.15) is 11.1 Å². The molecule has 0 atom stereocenters. The quantitative estimate of drug-likeness (QED) is 0.669. The van der Waals surface area contributed by atoms with E-state index in [1.807, 2.05) is 0 Å². The fourth-order valence-corrected chi connectivity index (χ4v) is 1.99. The lowest BCUT2D eigenvalue weighted by Gasteiger charge is -2.09. The van der Waals surface area contributed by atoms with Crippen LogP contribution in [0, 0.1) is 11.3 Å². The Labute approximate surface area is 128 Å². The zero-order valence-electron chi connectivity index (χ0n) is 12.2. The molecule has 2 aromatic carbocycles. The third-order valence-electron chi connectivity index (χ3n) is 3.13. The fourth-order valence-electron chi connectivity index (χ4n) is 1.99. The van der Waals surface area contributed by atoms with Gasteiger partial charge in [0.2, 0.25) is 0 Å². The van der Waals surface area contributed by atoms with Crippen LogP contribution < -0.4 is 9.47 Å². The molecule has 0 heterocycles. The van der Waals surface area contributed by atoms with E-state index in [0.29, 0.717) is 28.2 Å². The van der Waals surface area contributed by atoms with Gasteiger partial charge in [-0.1, -0.05) is 0 Å². The van der Waals surface area contributed by atoms with Crippen LogP contribution in [0.4, 0.5) is 0 Å². The molecule has 0 amide bonds. The molecule has 0 fully saturated rings. The molecule has 0 aliphatic heterocycles. The molecular weight excluding hydrogens is 282 g/mol. The lowest BCUT2D eigenvalue weighted by atomic mass is 10.0. The van der Waals surface area contributed by atoms with Crippen molar-refractivity contribution in [3.05, 3.63) is 47.5 Å². The number of nitriles is 1. The van der Waals surface area contributed by atoms with Crippen LogP contribution in [-0.4, -0.2) is 24.4 Å². The van der Waals surface area contributed by atoms with Crippen molar-refractivity contribution < 1.29 is 19.7 Å². The summed E-state index contributed by atoms with van der Waals surface area (Å²) in [6, 6.07) is 11.4. The van der Waals surface area contributed by atoms with Crippen LogP contribution in [0.25, 0.3) is 11.6 Å². The highest BCUT2D eigenvalue weighted by Crippen LogP contribution is 2.32. The Bertz CT molecular complexity index is 760. The first-order chi connectivity index (χ1) is 10.6. The van der Waals surface area contributed by atoms with E-state index in [1.54, 1.807) is 18.2 Å². The zero-order valence-corrected chi connectivity index (χ0v) is 12.2. The first kappa shape index (κ1) is 15.3. The normalized spacial score (nSPS) is 10.9. The number of phenolic OH excluding ortho intramolecular Hbond substituents is 2. The summed E-state index contributed by atoms with van der Waals surface area (Å²) in [4.78, 5) is 0. The van der Waals surface area contributed by atoms with Crippen molar-refractivity contribution in [3.63, 3.8) is 0 Å². The molecule has 5 nitrogen and oxygen atoms in total. The average Bonchev–Trinajstić information content (AvgIpc) is 2.53. The largest absolute Gasteiger partial charge is 0.508 e. The highest BCUT2D eigenvalue weighted by molar-refractivity contribution is 5.91. The summed E-state index contributed by atoms with van der Waals surface area (Å²) in [5.74, 6) is 0.930. The Morgan fingerprint density at radius 2 is 1.77 bits per heavy atom. The van der Waals surface area contributed by atoms with Crippen molar-refractivity contribution in [2.75, 3.05) is 14.2 Å². The molecule has 0 spiro atoms. The molecule has 0 aliphatic carbocycles. The van der Waals surface area contributed by atoms with Gasteiger partial charge in [-0.25, -0.2) is 0 Å². The molecule has 2 aromatic rings. The number of hydrogen-bond acceptors (Lipinski definition) is 5. The number of allylic oxidation sites excluding steroid dienone is 1. The molecule has 112 valence electrons. The van der Waals surface area contributed by atoms with E-state index in [1.165, 1.54) is 38.5 Å². The monoisotopic (exact) mass is 297 g/mol. The van der Waals surface area contributed by atoms with Crippen molar-refractivity contribution in [2.24, 2.45) is 0 Å². The number of ether oxygens (including phenoxy) is 2. The number of hydrogen-bond donors (Lipinski definition) is 2. The van der Waals surface area contributed by atoms with Gasteiger partial charge in [0.15, 0.2) is 11.5 Å². The first-order valence-corrected chi connectivity index (χ1v) is 6.45. The number of benzene rings is 2. The van der Waals surface area contributed by atoms with Crippen LogP contribution in [0.2, 0.25) is 0 Å². The topological polar surface area (TPSA) is 82.7 Å². The minimum absolute atomic E-state index is 0.0423. The van der Waals surface area contributed by atoms with Crippen molar-refractivity contribution in [2.45, 2.75) is 0 Å². The van der Waals surface area contributed by atoms with Crippen LogP contribution in [0.15, 0.2) is 36.4 Å². The van der Waals surface area contributed by atoms with Crippen molar-refractivity contribution in [3.8, 4) is 29.1 Å². The van der Waals surface area contributed by atoms with Gasteiger partial charge < -0.3 is 19.7 Å². The van der Waals surface area contributed by atoms with E-state index in [-0.39, 0.29) is 11.5 Å².